The van der Waals surface area contributed by atoms with E-state index in [0.29, 0.717) is 50.5 Å². The molecule has 2 saturated heterocycles. The van der Waals surface area contributed by atoms with Crippen molar-refractivity contribution in [1.29, 1.82) is 0 Å². The second-order valence-electron chi connectivity index (χ2n) is 8.27. The maximum Gasteiger partial charge on any atom is 0.239 e. The molecule has 2 heterocycles. The molecule has 0 aromatic carbocycles. The maximum absolute atomic E-state index is 12.5. The predicted octanol–water partition coefficient (Wildman–Crippen LogP) is 0.292. The van der Waals surface area contributed by atoms with Gasteiger partial charge in [-0.3, -0.25) is 14.4 Å². The molecule has 4 atom stereocenters. The molecular weight excluding hydrogens is 334 g/mol. The Morgan fingerprint density at radius 2 is 1.92 bits per heavy atom. The first-order valence-corrected chi connectivity index (χ1v) is 10.1. The largest absolute Gasteiger partial charge is 0.381 e. The minimum atomic E-state index is -0.128. The molecule has 0 bridgehead atoms. The summed E-state index contributed by atoms with van der Waals surface area (Å²) in [6.45, 7) is 2.67. The van der Waals surface area contributed by atoms with Crippen LogP contribution in [0.1, 0.15) is 38.5 Å². The zero-order valence-electron chi connectivity index (χ0n) is 15.2. The normalized spacial score (nSPS) is 31.8. The van der Waals surface area contributed by atoms with Crippen LogP contribution in [0.5, 0.6) is 0 Å². The topological polar surface area (TPSA) is 87.7 Å². The summed E-state index contributed by atoms with van der Waals surface area (Å²) in [5.74, 6) is 1.45. The van der Waals surface area contributed by atoms with Crippen LogP contribution in [-0.2, 0) is 19.1 Å². The van der Waals surface area contributed by atoms with E-state index in [2.05, 4.69) is 10.6 Å². The first-order valence-electron chi connectivity index (χ1n) is 10.1. The van der Waals surface area contributed by atoms with Gasteiger partial charge in [-0.1, -0.05) is 6.42 Å². The van der Waals surface area contributed by atoms with Crippen LogP contribution in [0.4, 0.5) is 0 Å². The molecule has 2 N–H and O–H groups in total. The molecule has 4 rings (SSSR count). The van der Waals surface area contributed by atoms with Gasteiger partial charge in [0.1, 0.15) is 0 Å². The summed E-state index contributed by atoms with van der Waals surface area (Å²) < 4.78 is 5.35. The fourth-order valence-electron chi connectivity index (χ4n) is 4.40. The van der Waals surface area contributed by atoms with E-state index in [4.69, 9.17) is 4.74 Å². The van der Waals surface area contributed by atoms with Crippen molar-refractivity contribution in [3.8, 4) is 0 Å². The third-order valence-electron chi connectivity index (χ3n) is 6.30. The van der Waals surface area contributed by atoms with Crippen LogP contribution in [0, 0.1) is 23.7 Å². The van der Waals surface area contributed by atoms with E-state index in [1.165, 1.54) is 0 Å². The molecule has 7 heteroatoms. The molecule has 0 aromatic heterocycles. The summed E-state index contributed by atoms with van der Waals surface area (Å²) in [6.07, 6.45) is 5.68. The van der Waals surface area contributed by atoms with Crippen molar-refractivity contribution >= 4 is 17.7 Å². The Hall–Kier alpha value is -1.63. The standard InChI is InChI=1S/C19H29N3O4/c23-16(9-22-7-3-1-2-4-17(22)24)20-8-15(12-5-6-12)21-19(25)18-13-10-26-11-14(13)18/h12-15,18H,1-11H2,(H,20,23)(H,21,25)/t13-,14+,15?,18?. The molecule has 26 heavy (non-hydrogen) atoms. The molecule has 4 fully saturated rings. The molecule has 2 aliphatic heterocycles. The zero-order valence-corrected chi connectivity index (χ0v) is 15.2. The number of carbonyl (C=O) groups is 3. The first-order chi connectivity index (χ1) is 12.6. The van der Waals surface area contributed by atoms with Gasteiger partial charge in [0.15, 0.2) is 0 Å². The van der Waals surface area contributed by atoms with Gasteiger partial charge in [0, 0.05) is 31.5 Å². The van der Waals surface area contributed by atoms with Gasteiger partial charge in [0.2, 0.25) is 17.7 Å². The quantitative estimate of drug-likeness (QED) is 0.681. The molecule has 2 unspecified atom stereocenters. The lowest BCUT2D eigenvalue weighted by Gasteiger charge is -2.22. The van der Waals surface area contributed by atoms with Gasteiger partial charge in [-0.25, -0.2) is 0 Å². The number of hydrogen-bond donors (Lipinski definition) is 2. The molecular formula is C19H29N3O4. The fraction of sp³-hybridized carbons (Fsp3) is 0.842. The average molecular weight is 363 g/mol. The van der Waals surface area contributed by atoms with Crippen LogP contribution in [0.3, 0.4) is 0 Å². The molecule has 144 valence electrons. The third kappa shape index (κ3) is 4.03. The number of likely N-dealkylation sites (tertiary alicyclic amines) is 1. The number of amides is 3. The number of ether oxygens (including phenoxy) is 1. The van der Waals surface area contributed by atoms with E-state index < -0.39 is 0 Å². The van der Waals surface area contributed by atoms with Crippen molar-refractivity contribution in [2.24, 2.45) is 23.7 Å². The molecule has 2 aliphatic carbocycles. The van der Waals surface area contributed by atoms with E-state index in [-0.39, 0.29) is 36.2 Å². The van der Waals surface area contributed by atoms with Gasteiger partial charge in [0.05, 0.1) is 19.8 Å². The van der Waals surface area contributed by atoms with Crippen LogP contribution in [0.15, 0.2) is 0 Å². The van der Waals surface area contributed by atoms with Crippen molar-refractivity contribution in [3.05, 3.63) is 0 Å². The lowest BCUT2D eigenvalue weighted by Crippen LogP contribution is -2.48. The van der Waals surface area contributed by atoms with E-state index in [0.717, 1.165) is 32.1 Å². The second-order valence-corrected chi connectivity index (χ2v) is 8.27. The van der Waals surface area contributed by atoms with Gasteiger partial charge in [0.25, 0.3) is 0 Å². The van der Waals surface area contributed by atoms with Crippen molar-refractivity contribution in [2.75, 3.05) is 32.8 Å². The Kier molecular flexibility index (Phi) is 5.16. The molecule has 3 amide bonds. The molecule has 2 saturated carbocycles. The summed E-state index contributed by atoms with van der Waals surface area (Å²) in [5, 5.41) is 6.09. The summed E-state index contributed by atoms with van der Waals surface area (Å²) in [4.78, 5) is 38.4. The van der Waals surface area contributed by atoms with Crippen LogP contribution >= 0.6 is 0 Å². The number of nitrogens with one attached hydrogen (secondary N) is 2. The van der Waals surface area contributed by atoms with E-state index >= 15 is 0 Å². The highest BCUT2D eigenvalue weighted by molar-refractivity contribution is 5.85. The Morgan fingerprint density at radius 3 is 2.65 bits per heavy atom. The van der Waals surface area contributed by atoms with Crippen molar-refractivity contribution in [3.63, 3.8) is 0 Å². The number of rotatable bonds is 7. The van der Waals surface area contributed by atoms with Crippen LogP contribution in [-0.4, -0.2) is 61.5 Å². The Labute approximate surface area is 154 Å². The zero-order chi connectivity index (χ0) is 18.1. The number of fused-ring (bicyclic) bond motifs is 1. The highest BCUT2D eigenvalue weighted by atomic mass is 16.5. The number of carbonyl (C=O) groups excluding carboxylic acids is 3. The summed E-state index contributed by atoms with van der Waals surface area (Å²) in [5.41, 5.74) is 0. The maximum atomic E-state index is 12.5. The predicted molar refractivity (Wildman–Crippen MR) is 94.0 cm³/mol. The molecule has 7 nitrogen and oxygen atoms in total. The molecule has 0 radical (unpaired) electrons. The van der Waals surface area contributed by atoms with E-state index in [1.54, 1.807) is 4.90 Å². The van der Waals surface area contributed by atoms with E-state index in [9.17, 15) is 14.4 Å². The second kappa shape index (κ2) is 7.55. The molecule has 0 aromatic rings. The van der Waals surface area contributed by atoms with Gasteiger partial charge < -0.3 is 20.3 Å². The number of nitrogens with zero attached hydrogens (tertiary/aromatic N) is 1. The monoisotopic (exact) mass is 363 g/mol. The average Bonchev–Trinajstić information content (AvgIpc) is 3.54. The van der Waals surface area contributed by atoms with Crippen molar-refractivity contribution < 1.29 is 19.1 Å². The van der Waals surface area contributed by atoms with Crippen LogP contribution in [0.2, 0.25) is 0 Å². The minimum Gasteiger partial charge on any atom is -0.381 e. The Bertz CT molecular complexity index is 567. The number of hydrogen-bond acceptors (Lipinski definition) is 4. The molecule has 0 spiro atoms. The SMILES string of the molecule is O=C(CN1CCCCCC1=O)NCC(NC(=O)C1[C@H]2COC[C@@H]12)C1CC1. The van der Waals surface area contributed by atoms with Gasteiger partial charge >= 0.3 is 0 Å². The third-order valence-corrected chi connectivity index (χ3v) is 6.30. The van der Waals surface area contributed by atoms with Crippen molar-refractivity contribution in [1.82, 2.24) is 15.5 Å². The van der Waals surface area contributed by atoms with Crippen LogP contribution in [0.25, 0.3) is 0 Å². The van der Waals surface area contributed by atoms with Gasteiger partial charge in [-0.2, -0.15) is 0 Å². The Balaban J connectivity index is 1.23. The highest BCUT2D eigenvalue weighted by Gasteiger charge is 2.58. The Morgan fingerprint density at radius 1 is 1.15 bits per heavy atom. The lowest BCUT2D eigenvalue weighted by atomic mass is 10.1. The fourth-order valence-corrected chi connectivity index (χ4v) is 4.40. The summed E-state index contributed by atoms with van der Waals surface area (Å²) in [6, 6.07) is 0.00790. The van der Waals surface area contributed by atoms with E-state index in [1.807, 2.05) is 0 Å². The molecule has 4 aliphatic rings. The lowest BCUT2D eigenvalue weighted by molar-refractivity contribution is -0.135. The highest BCUT2D eigenvalue weighted by Crippen LogP contribution is 2.50. The van der Waals surface area contributed by atoms with Gasteiger partial charge in [-0.05, 0) is 43.4 Å². The smallest absolute Gasteiger partial charge is 0.239 e. The first kappa shape index (κ1) is 17.8. The van der Waals surface area contributed by atoms with Crippen LogP contribution < -0.4 is 10.6 Å². The summed E-state index contributed by atoms with van der Waals surface area (Å²) >= 11 is 0. The van der Waals surface area contributed by atoms with Crippen molar-refractivity contribution in [2.45, 2.75) is 44.6 Å². The minimum absolute atomic E-state index is 0.00790. The summed E-state index contributed by atoms with van der Waals surface area (Å²) in [7, 11) is 0. The van der Waals surface area contributed by atoms with Gasteiger partial charge in [-0.15, -0.1) is 0 Å².